The topological polar surface area (TPSA) is 106 Å². The first-order chi connectivity index (χ1) is 9.99. The molecule has 0 fully saturated rings. The molecule has 1 aromatic carbocycles. The summed E-state index contributed by atoms with van der Waals surface area (Å²) in [6.45, 7) is 0. The van der Waals surface area contributed by atoms with Crippen LogP contribution in [0.25, 0.3) is 6.08 Å². The van der Waals surface area contributed by atoms with E-state index < -0.39 is 10.2 Å². The van der Waals surface area contributed by atoms with E-state index in [1.807, 2.05) is 18.2 Å². The molecule has 2 heterocycles. The number of fused-ring (bicyclic) bond motifs is 3. The van der Waals surface area contributed by atoms with Gasteiger partial charge in [0, 0.05) is 0 Å². The number of nitrogens with zero attached hydrogens (tertiary/aromatic N) is 2. The van der Waals surface area contributed by atoms with Crippen LogP contribution in [0.4, 0.5) is 0 Å². The monoisotopic (exact) mass is 312 g/mol. The minimum atomic E-state index is -4.67. The van der Waals surface area contributed by atoms with Crippen LogP contribution in [0, 0.1) is 10.2 Å². The Morgan fingerprint density at radius 2 is 2.00 bits per heavy atom. The van der Waals surface area contributed by atoms with Gasteiger partial charge in [-0.2, -0.15) is 14.0 Å². The number of hydroxylamine groups is 1. The van der Waals surface area contributed by atoms with E-state index in [4.69, 9.17) is 4.74 Å². The molecule has 8 nitrogen and oxygen atoms in total. The van der Waals surface area contributed by atoms with Crippen molar-refractivity contribution in [2.24, 2.45) is 0 Å². The number of benzene rings is 1. The fourth-order valence-corrected chi connectivity index (χ4v) is 2.40. The molecule has 0 saturated carbocycles. The van der Waals surface area contributed by atoms with E-state index in [9.17, 15) is 14.0 Å². The van der Waals surface area contributed by atoms with Crippen molar-refractivity contribution in [2.45, 2.75) is 0 Å². The van der Waals surface area contributed by atoms with Gasteiger partial charge in [0.25, 0.3) is 0 Å². The predicted octanol–water partition coefficient (Wildman–Crippen LogP) is -2.48. The molecule has 2 aliphatic rings. The third kappa shape index (κ3) is 2.52. The smallest absolute Gasteiger partial charge is 0.371 e. The molecule has 0 aliphatic carbocycles. The number of ether oxygens (including phenoxy) is 1. The number of hydrogen-bond acceptors (Lipinski definition) is 7. The zero-order valence-electron chi connectivity index (χ0n) is 10.9. The van der Waals surface area contributed by atoms with Crippen LogP contribution in [0.2, 0.25) is 0 Å². The zero-order valence-corrected chi connectivity index (χ0v) is 11.6. The number of hydrazine groups is 1. The van der Waals surface area contributed by atoms with E-state index in [0.717, 1.165) is 10.3 Å². The van der Waals surface area contributed by atoms with Gasteiger partial charge in [-0.25, -0.2) is 5.43 Å². The highest BCUT2D eigenvalue weighted by Gasteiger charge is 2.43. The molecule has 1 N–H and O–H groups in total. The van der Waals surface area contributed by atoms with E-state index in [-0.39, 0.29) is 5.88 Å². The number of amidine groups is 1. The number of halogens is 1. The van der Waals surface area contributed by atoms with Crippen molar-refractivity contribution in [1.82, 2.24) is 10.4 Å². The summed E-state index contributed by atoms with van der Waals surface area (Å²) in [6.07, 6.45) is 4.87. The summed E-state index contributed by atoms with van der Waals surface area (Å²) >= 11 is 0. The molecule has 0 aromatic heterocycles. The van der Waals surface area contributed by atoms with Crippen LogP contribution in [-0.2, 0) is 9.13 Å². The first-order valence-electron chi connectivity index (χ1n) is 5.84. The summed E-state index contributed by atoms with van der Waals surface area (Å²) < 4.78 is 43.2. The SMILES string of the molecule is COC1=CNN2C=Cc3ccccc3C2=[N+]1O[Cl+3]([O-])([O-])[O-]. The highest BCUT2D eigenvalue weighted by atomic mass is 35.7. The second kappa shape index (κ2) is 4.93. The molecule has 0 atom stereocenters. The summed E-state index contributed by atoms with van der Waals surface area (Å²) in [5.74, 6) is 0.331. The lowest BCUT2D eigenvalue weighted by Gasteiger charge is -2.23. The van der Waals surface area contributed by atoms with Gasteiger partial charge in [0.1, 0.15) is 21.5 Å². The Balaban J connectivity index is 2.19. The summed E-state index contributed by atoms with van der Waals surface area (Å²) in [7, 11) is -3.34. The van der Waals surface area contributed by atoms with E-state index in [1.165, 1.54) is 18.3 Å². The number of hydrogen-bond donors (Lipinski definition) is 1. The van der Waals surface area contributed by atoms with Gasteiger partial charge in [0.2, 0.25) is 0 Å². The standard InChI is InChI=1S/C12H11ClN3O5/c1-20-11-8-14-15-7-6-9-4-2-3-5-10(9)12(15)16(11)21-13(17,18)19/h2-8,14H,1H3/q+1. The lowest BCUT2D eigenvalue weighted by atomic mass is 10.0. The maximum absolute atomic E-state index is 10.9. The van der Waals surface area contributed by atoms with Gasteiger partial charge in [0.15, 0.2) is 10.2 Å². The maximum atomic E-state index is 10.9. The Bertz CT molecular complexity index is 665. The van der Waals surface area contributed by atoms with Crippen molar-refractivity contribution >= 4 is 11.9 Å². The van der Waals surface area contributed by atoms with Gasteiger partial charge in [-0.15, -0.1) is 5.01 Å². The predicted molar refractivity (Wildman–Crippen MR) is 61.0 cm³/mol. The van der Waals surface area contributed by atoms with Gasteiger partial charge in [-0.1, -0.05) is 18.2 Å². The molecule has 0 spiro atoms. The van der Waals surface area contributed by atoms with Crippen LogP contribution in [0.5, 0.6) is 0 Å². The van der Waals surface area contributed by atoms with Gasteiger partial charge < -0.3 is 4.74 Å². The molecule has 0 unspecified atom stereocenters. The Hall–Kier alpha value is -2.26. The largest absolute Gasteiger partial charge is 0.461 e. The lowest BCUT2D eigenvalue weighted by molar-refractivity contribution is -1.94. The average molecular weight is 313 g/mol. The van der Waals surface area contributed by atoms with Gasteiger partial charge >= 0.3 is 11.7 Å². The minimum Gasteiger partial charge on any atom is -0.461 e. The normalized spacial score (nSPS) is 16.8. The van der Waals surface area contributed by atoms with E-state index in [2.05, 4.69) is 9.82 Å². The molecular weight excluding hydrogens is 302 g/mol. The first kappa shape index (κ1) is 13.7. The molecule has 2 aliphatic heterocycles. The van der Waals surface area contributed by atoms with Crippen LogP contribution >= 0.6 is 0 Å². The third-order valence-electron chi connectivity index (χ3n) is 2.92. The van der Waals surface area contributed by atoms with Crippen molar-refractivity contribution < 1.29 is 38.1 Å². The van der Waals surface area contributed by atoms with Crippen LogP contribution < -0.4 is 19.4 Å². The molecule has 0 radical (unpaired) electrons. The van der Waals surface area contributed by atoms with E-state index in [0.29, 0.717) is 11.4 Å². The lowest BCUT2D eigenvalue weighted by Crippen LogP contribution is -2.63. The molecule has 0 saturated heterocycles. The second-order valence-corrected chi connectivity index (χ2v) is 5.05. The minimum absolute atomic E-state index is 0.0262. The number of methoxy groups -OCH3 is 1. The maximum Gasteiger partial charge on any atom is 0.371 e. The second-order valence-electron chi connectivity index (χ2n) is 4.15. The van der Waals surface area contributed by atoms with Crippen LogP contribution in [0.3, 0.4) is 0 Å². The third-order valence-corrected chi connectivity index (χ3v) is 3.22. The Morgan fingerprint density at radius 3 is 2.71 bits per heavy atom. The van der Waals surface area contributed by atoms with Crippen molar-refractivity contribution in [3.05, 3.63) is 53.7 Å². The van der Waals surface area contributed by atoms with E-state index in [1.54, 1.807) is 18.3 Å². The first-order valence-corrected chi connectivity index (χ1v) is 7.08. The fraction of sp³-hybridized carbons (Fsp3) is 0.0833. The Labute approximate surface area is 122 Å². The van der Waals surface area contributed by atoms with Crippen LogP contribution in [-0.4, -0.2) is 22.7 Å². The molecular formula is C12H11ClN3O5+. The molecule has 9 heteroatoms. The van der Waals surface area contributed by atoms with Crippen molar-refractivity contribution in [2.75, 3.05) is 7.11 Å². The van der Waals surface area contributed by atoms with E-state index >= 15 is 0 Å². The summed E-state index contributed by atoms with van der Waals surface area (Å²) in [5, 5.41) is 1.51. The quantitative estimate of drug-likeness (QED) is 0.616. The van der Waals surface area contributed by atoms with Crippen molar-refractivity contribution in [1.29, 1.82) is 0 Å². The highest BCUT2D eigenvalue weighted by Crippen LogP contribution is 2.22. The van der Waals surface area contributed by atoms with Crippen LogP contribution in [0.15, 0.2) is 42.5 Å². The molecule has 0 amide bonds. The van der Waals surface area contributed by atoms with Gasteiger partial charge in [0.05, 0.1) is 12.7 Å². The van der Waals surface area contributed by atoms with Gasteiger partial charge in [-0.3, -0.25) is 0 Å². The summed E-state index contributed by atoms with van der Waals surface area (Å²) in [6, 6.07) is 7.25. The Morgan fingerprint density at radius 1 is 1.24 bits per heavy atom. The molecule has 3 rings (SSSR count). The van der Waals surface area contributed by atoms with Crippen molar-refractivity contribution in [3.8, 4) is 0 Å². The molecule has 1 aromatic rings. The molecule has 110 valence electrons. The molecule has 21 heavy (non-hydrogen) atoms. The highest BCUT2D eigenvalue weighted by molar-refractivity contribution is 6.01. The van der Waals surface area contributed by atoms with Gasteiger partial charge in [-0.05, 0) is 17.7 Å². The number of rotatable bonds is 3. The molecule has 0 bridgehead atoms. The van der Waals surface area contributed by atoms with Crippen LogP contribution in [0.1, 0.15) is 11.1 Å². The van der Waals surface area contributed by atoms with Crippen molar-refractivity contribution in [3.63, 3.8) is 0 Å². The fourth-order valence-electron chi connectivity index (χ4n) is 2.09. The summed E-state index contributed by atoms with van der Waals surface area (Å²) in [5.41, 5.74) is 4.40. The zero-order chi connectivity index (χ0) is 15.0. The Kier molecular flexibility index (Phi) is 3.22. The average Bonchev–Trinajstić information content (AvgIpc) is 2.45. The number of nitrogens with one attached hydrogen (secondary N) is 1. The summed E-state index contributed by atoms with van der Waals surface area (Å²) in [4.78, 5) is 0.